The number of nitrogens with zero attached hydrogens (tertiary/aromatic N) is 1. The fraction of sp³-hybridized carbons (Fsp3) is 0.286. The van der Waals surface area contributed by atoms with E-state index in [1.807, 2.05) is 0 Å². The van der Waals surface area contributed by atoms with Crippen LogP contribution in [0.25, 0.3) is 10.6 Å². The Kier molecular flexibility index (Phi) is 3.24. The first-order valence-electron chi connectivity index (χ1n) is 6.27. The van der Waals surface area contributed by atoms with Gasteiger partial charge in [-0.25, -0.2) is 4.98 Å². The van der Waals surface area contributed by atoms with Gasteiger partial charge in [-0.05, 0) is 18.9 Å². The SMILES string of the molecule is O=C(O)C1CCc2sc(-c3ccccc3C(F)(F)F)nc21. The lowest BCUT2D eigenvalue weighted by Gasteiger charge is -2.10. The number of benzene rings is 1. The molecule has 0 saturated carbocycles. The minimum atomic E-state index is -4.46. The van der Waals surface area contributed by atoms with Crippen LogP contribution in [0.5, 0.6) is 0 Å². The maximum atomic E-state index is 13.0. The van der Waals surface area contributed by atoms with E-state index >= 15 is 0 Å². The first kappa shape index (κ1) is 14.1. The smallest absolute Gasteiger partial charge is 0.417 e. The molecule has 3 nitrogen and oxygen atoms in total. The van der Waals surface area contributed by atoms with Crippen LogP contribution in [0.4, 0.5) is 13.2 Å². The number of carbonyl (C=O) groups is 1. The van der Waals surface area contributed by atoms with Crippen molar-refractivity contribution >= 4 is 17.3 Å². The van der Waals surface area contributed by atoms with Crippen molar-refractivity contribution in [1.82, 2.24) is 4.98 Å². The van der Waals surface area contributed by atoms with E-state index in [0.717, 1.165) is 22.3 Å². The molecular formula is C14H10F3NO2S. The molecule has 1 heterocycles. The standard InChI is InChI=1S/C14H10F3NO2S/c15-14(16,17)9-4-2-1-3-7(9)12-18-11-8(13(19)20)5-6-10(11)21-12/h1-4,8H,5-6H2,(H,19,20). The Hall–Kier alpha value is -1.89. The zero-order chi connectivity index (χ0) is 15.2. The Bertz CT molecular complexity index is 708. The number of halogens is 3. The molecular weight excluding hydrogens is 303 g/mol. The second-order valence-corrected chi connectivity index (χ2v) is 5.88. The highest BCUT2D eigenvalue weighted by atomic mass is 32.1. The highest BCUT2D eigenvalue weighted by Crippen LogP contribution is 2.43. The van der Waals surface area contributed by atoms with E-state index in [9.17, 15) is 18.0 Å². The van der Waals surface area contributed by atoms with E-state index in [1.165, 1.54) is 18.2 Å². The van der Waals surface area contributed by atoms with Gasteiger partial charge in [-0.15, -0.1) is 11.3 Å². The van der Waals surface area contributed by atoms with Crippen LogP contribution in [0, 0.1) is 0 Å². The second-order valence-electron chi connectivity index (χ2n) is 4.80. The van der Waals surface area contributed by atoms with Crippen molar-refractivity contribution in [3.8, 4) is 10.6 Å². The van der Waals surface area contributed by atoms with E-state index in [4.69, 9.17) is 5.11 Å². The molecule has 1 atom stereocenters. The zero-order valence-corrected chi connectivity index (χ0v) is 11.5. The van der Waals surface area contributed by atoms with Gasteiger partial charge in [0.15, 0.2) is 0 Å². The van der Waals surface area contributed by atoms with Crippen molar-refractivity contribution in [3.63, 3.8) is 0 Å². The van der Waals surface area contributed by atoms with E-state index in [-0.39, 0.29) is 10.6 Å². The Morgan fingerprint density at radius 1 is 1.33 bits per heavy atom. The number of aliphatic carboxylic acids is 1. The minimum absolute atomic E-state index is 0.00791. The summed E-state index contributed by atoms with van der Waals surface area (Å²) in [4.78, 5) is 16.1. The van der Waals surface area contributed by atoms with Crippen molar-refractivity contribution in [3.05, 3.63) is 40.4 Å². The van der Waals surface area contributed by atoms with Gasteiger partial charge in [-0.1, -0.05) is 18.2 Å². The summed E-state index contributed by atoms with van der Waals surface area (Å²) < 4.78 is 39.1. The molecule has 1 aromatic carbocycles. The van der Waals surface area contributed by atoms with Gasteiger partial charge in [0.1, 0.15) is 10.9 Å². The zero-order valence-electron chi connectivity index (χ0n) is 10.6. The van der Waals surface area contributed by atoms with Gasteiger partial charge in [-0.2, -0.15) is 13.2 Å². The van der Waals surface area contributed by atoms with Gasteiger partial charge >= 0.3 is 12.1 Å². The molecule has 7 heteroatoms. The molecule has 2 aromatic rings. The average Bonchev–Trinajstić information content (AvgIpc) is 2.96. The Balaban J connectivity index is 2.08. The highest BCUT2D eigenvalue weighted by Gasteiger charge is 2.36. The van der Waals surface area contributed by atoms with Crippen molar-refractivity contribution in [1.29, 1.82) is 0 Å². The Labute approximate surface area is 122 Å². The average molecular weight is 313 g/mol. The molecule has 1 N–H and O–H groups in total. The van der Waals surface area contributed by atoms with Crippen LogP contribution in [0.15, 0.2) is 24.3 Å². The van der Waals surface area contributed by atoms with Crippen LogP contribution in [-0.4, -0.2) is 16.1 Å². The molecule has 0 aliphatic heterocycles. The fourth-order valence-corrected chi connectivity index (χ4v) is 3.68. The fourth-order valence-electron chi connectivity index (χ4n) is 2.50. The number of hydrogen-bond donors (Lipinski definition) is 1. The van der Waals surface area contributed by atoms with E-state index in [2.05, 4.69) is 4.98 Å². The third-order valence-electron chi connectivity index (χ3n) is 3.48. The number of alkyl halides is 3. The molecule has 1 unspecified atom stereocenters. The van der Waals surface area contributed by atoms with E-state index < -0.39 is 23.6 Å². The van der Waals surface area contributed by atoms with Crippen LogP contribution >= 0.6 is 11.3 Å². The lowest BCUT2D eigenvalue weighted by Crippen LogP contribution is -2.09. The molecule has 0 saturated heterocycles. The van der Waals surface area contributed by atoms with Crippen LogP contribution in [0.1, 0.15) is 28.5 Å². The van der Waals surface area contributed by atoms with Crippen molar-refractivity contribution in [2.45, 2.75) is 24.9 Å². The molecule has 1 aliphatic rings. The molecule has 0 radical (unpaired) electrons. The van der Waals surface area contributed by atoms with Gasteiger partial charge in [0.25, 0.3) is 0 Å². The topological polar surface area (TPSA) is 50.2 Å². The van der Waals surface area contributed by atoms with Gasteiger partial charge < -0.3 is 5.11 Å². The maximum absolute atomic E-state index is 13.0. The number of aromatic nitrogens is 1. The summed E-state index contributed by atoms with van der Waals surface area (Å²) in [5, 5.41) is 9.34. The van der Waals surface area contributed by atoms with E-state index in [0.29, 0.717) is 18.5 Å². The third-order valence-corrected chi connectivity index (χ3v) is 4.64. The summed E-state index contributed by atoms with van der Waals surface area (Å²) >= 11 is 1.15. The summed E-state index contributed by atoms with van der Waals surface area (Å²) in [6.07, 6.45) is -3.44. The number of carboxylic acids is 1. The predicted octanol–water partition coefficient (Wildman–Crippen LogP) is 3.94. The van der Waals surface area contributed by atoms with Crippen LogP contribution in [-0.2, 0) is 17.4 Å². The van der Waals surface area contributed by atoms with Crippen molar-refractivity contribution < 1.29 is 23.1 Å². The number of thiazole rings is 1. The predicted molar refractivity (Wildman–Crippen MR) is 71.2 cm³/mol. The Morgan fingerprint density at radius 3 is 2.71 bits per heavy atom. The number of rotatable bonds is 2. The molecule has 0 amide bonds. The molecule has 1 aromatic heterocycles. The lowest BCUT2D eigenvalue weighted by atomic mass is 10.1. The van der Waals surface area contributed by atoms with Gasteiger partial charge in [0, 0.05) is 10.4 Å². The summed E-state index contributed by atoms with van der Waals surface area (Å²) in [5.74, 6) is -1.68. The Morgan fingerprint density at radius 2 is 2.05 bits per heavy atom. The normalized spacial score (nSPS) is 17.8. The summed E-state index contributed by atoms with van der Waals surface area (Å²) in [5.41, 5.74) is -0.322. The van der Waals surface area contributed by atoms with Crippen LogP contribution in [0.3, 0.4) is 0 Å². The molecule has 0 bridgehead atoms. The van der Waals surface area contributed by atoms with Gasteiger partial charge in [0.05, 0.1) is 11.3 Å². The van der Waals surface area contributed by atoms with Crippen LogP contribution in [0.2, 0.25) is 0 Å². The van der Waals surface area contributed by atoms with Crippen LogP contribution < -0.4 is 0 Å². The molecule has 1 aliphatic carbocycles. The minimum Gasteiger partial charge on any atom is -0.481 e. The highest BCUT2D eigenvalue weighted by molar-refractivity contribution is 7.15. The maximum Gasteiger partial charge on any atom is 0.417 e. The first-order valence-corrected chi connectivity index (χ1v) is 7.08. The summed E-state index contributed by atoms with van der Waals surface area (Å²) in [6, 6.07) is 5.22. The first-order chi connectivity index (χ1) is 9.88. The molecule has 110 valence electrons. The molecule has 21 heavy (non-hydrogen) atoms. The monoisotopic (exact) mass is 313 g/mol. The molecule has 0 spiro atoms. The largest absolute Gasteiger partial charge is 0.481 e. The van der Waals surface area contributed by atoms with Gasteiger partial charge in [-0.3, -0.25) is 4.79 Å². The summed E-state index contributed by atoms with van der Waals surface area (Å²) in [7, 11) is 0. The van der Waals surface area contributed by atoms with Crippen molar-refractivity contribution in [2.24, 2.45) is 0 Å². The van der Waals surface area contributed by atoms with Crippen molar-refractivity contribution in [2.75, 3.05) is 0 Å². The number of fused-ring (bicyclic) bond motifs is 1. The molecule has 3 rings (SSSR count). The lowest BCUT2D eigenvalue weighted by molar-refractivity contribution is -0.139. The number of aryl methyl sites for hydroxylation is 1. The third kappa shape index (κ3) is 2.42. The number of carboxylic acid groups (broad SMARTS) is 1. The number of hydrogen-bond acceptors (Lipinski definition) is 3. The molecule has 0 fully saturated rings. The van der Waals surface area contributed by atoms with E-state index in [1.54, 1.807) is 0 Å². The van der Waals surface area contributed by atoms with Gasteiger partial charge in [0.2, 0.25) is 0 Å². The summed E-state index contributed by atoms with van der Waals surface area (Å²) in [6.45, 7) is 0. The quantitative estimate of drug-likeness (QED) is 0.913. The second kappa shape index (κ2) is 4.84.